The minimum Gasteiger partial charge on any atom is -0.352 e. The Morgan fingerprint density at radius 1 is 1.15 bits per heavy atom. The number of hydrogen-bond donors (Lipinski definition) is 4. The van der Waals surface area contributed by atoms with Crippen LogP contribution in [0.5, 0.6) is 0 Å². The van der Waals surface area contributed by atoms with Gasteiger partial charge in [-0.1, -0.05) is 19.3 Å². The number of nitrogens with zero attached hydrogens (tertiary/aromatic N) is 1. The first kappa shape index (κ1) is 13.0. The van der Waals surface area contributed by atoms with Crippen molar-refractivity contribution >= 4 is 18.0 Å². The zero-order chi connectivity index (χ0) is 14.1. The molecule has 3 rings (SSSR count). The van der Waals surface area contributed by atoms with Crippen LogP contribution in [-0.4, -0.2) is 47.8 Å². The maximum Gasteiger partial charge on any atom is 0.321 e. The maximum absolute atomic E-state index is 12.0. The summed E-state index contributed by atoms with van der Waals surface area (Å²) in [4.78, 5) is 36.3. The molecule has 0 aromatic heterocycles. The van der Waals surface area contributed by atoms with Gasteiger partial charge in [0, 0.05) is 6.04 Å². The number of urea groups is 2. The van der Waals surface area contributed by atoms with Crippen molar-refractivity contribution in [3.8, 4) is 0 Å². The van der Waals surface area contributed by atoms with Gasteiger partial charge in [-0.3, -0.25) is 9.69 Å². The highest BCUT2D eigenvalue weighted by Gasteiger charge is 2.46. The average molecular weight is 281 g/mol. The topological polar surface area (TPSA) is 103 Å². The zero-order valence-corrected chi connectivity index (χ0v) is 11.1. The van der Waals surface area contributed by atoms with Gasteiger partial charge in [-0.05, 0) is 12.8 Å². The lowest BCUT2D eigenvalue weighted by Gasteiger charge is -2.25. The van der Waals surface area contributed by atoms with Gasteiger partial charge in [0.2, 0.25) is 5.91 Å². The Balaban J connectivity index is 1.55. The summed E-state index contributed by atoms with van der Waals surface area (Å²) in [6.07, 6.45) is 4.55. The molecule has 5 amide bonds. The summed E-state index contributed by atoms with van der Waals surface area (Å²) in [5, 5.41) is 10.8. The van der Waals surface area contributed by atoms with E-state index in [1.165, 1.54) is 11.3 Å². The molecule has 2 aliphatic heterocycles. The van der Waals surface area contributed by atoms with E-state index in [0.29, 0.717) is 0 Å². The molecule has 0 spiro atoms. The molecule has 0 unspecified atom stereocenters. The summed E-state index contributed by atoms with van der Waals surface area (Å²) in [5.74, 6) is -0.172. The van der Waals surface area contributed by atoms with E-state index in [0.717, 1.165) is 25.7 Å². The largest absolute Gasteiger partial charge is 0.352 e. The Bertz CT molecular complexity index is 435. The van der Waals surface area contributed by atoms with E-state index in [2.05, 4.69) is 21.3 Å². The molecule has 1 saturated carbocycles. The molecule has 0 aromatic carbocycles. The number of hydrogen-bond acceptors (Lipinski definition) is 3. The van der Waals surface area contributed by atoms with Crippen LogP contribution in [0.2, 0.25) is 0 Å². The van der Waals surface area contributed by atoms with Gasteiger partial charge < -0.3 is 21.3 Å². The smallest absolute Gasteiger partial charge is 0.321 e. The van der Waals surface area contributed by atoms with E-state index in [1.54, 1.807) is 0 Å². The molecule has 8 heteroatoms. The second kappa shape index (κ2) is 5.18. The van der Waals surface area contributed by atoms with Crippen LogP contribution >= 0.6 is 0 Å². The molecule has 2 heterocycles. The fourth-order valence-electron chi connectivity index (χ4n) is 3.04. The lowest BCUT2D eigenvalue weighted by molar-refractivity contribution is -0.122. The Morgan fingerprint density at radius 3 is 2.65 bits per heavy atom. The molecule has 2 atom stereocenters. The first-order valence-corrected chi connectivity index (χ1v) is 7.07. The SMILES string of the molecule is O=C(CN1C(=O)N[C@H]2NC(=O)N[C@H]21)NC1CCCCC1. The predicted molar refractivity (Wildman–Crippen MR) is 69.5 cm³/mol. The summed E-state index contributed by atoms with van der Waals surface area (Å²) in [6.45, 7) is -0.0362. The molecule has 0 radical (unpaired) electrons. The molecule has 110 valence electrons. The number of carbonyl (C=O) groups is 3. The van der Waals surface area contributed by atoms with Gasteiger partial charge in [0.05, 0.1) is 0 Å². The molecular weight excluding hydrogens is 262 g/mol. The van der Waals surface area contributed by atoms with Crippen LogP contribution < -0.4 is 21.3 Å². The molecular formula is C12H19N5O3. The van der Waals surface area contributed by atoms with Crippen molar-refractivity contribution in [2.75, 3.05) is 6.54 Å². The summed E-state index contributed by atoms with van der Waals surface area (Å²) >= 11 is 0. The second-order valence-electron chi connectivity index (χ2n) is 5.52. The van der Waals surface area contributed by atoms with E-state index >= 15 is 0 Å². The fraction of sp³-hybridized carbons (Fsp3) is 0.750. The first-order valence-electron chi connectivity index (χ1n) is 7.07. The third-order valence-corrected chi connectivity index (χ3v) is 4.04. The van der Waals surface area contributed by atoms with E-state index in [4.69, 9.17) is 0 Å². The van der Waals surface area contributed by atoms with Crippen LogP contribution in [0, 0.1) is 0 Å². The molecule has 1 aliphatic carbocycles. The van der Waals surface area contributed by atoms with Crippen LogP contribution in [0.4, 0.5) is 9.59 Å². The van der Waals surface area contributed by atoms with Gasteiger partial charge in [0.1, 0.15) is 18.9 Å². The van der Waals surface area contributed by atoms with Crippen molar-refractivity contribution in [1.29, 1.82) is 0 Å². The van der Waals surface area contributed by atoms with Crippen molar-refractivity contribution in [2.45, 2.75) is 50.5 Å². The fourth-order valence-corrected chi connectivity index (χ4v) is 3.04. The maximum atomic E-state index is 12.0. The molecule has 2 saturated heterocycles. The minimum atomic E-state index is -0.493. The van der Waals surface area contributed by atoms with Gasteiger partial charge in [-0.25, -0.2) is 9.59 Å². The van der Waals surface area contributed by atoms with E-state index in [9.17, 15) is 14.4 Å². The van der Waals surface area contributed by atoms with Crippen molar-refractivity contribution in [2.24, 2.45) is 0 Å². The highest BCUT2D eigenvalue weighted by atomic mass is 16.2. The quantitative estimate of drug-likeness (QED) is 0.557. The van der Waals surface area contributed by atoms with Crippen molar-refractivity contribution in [3.63, 3.8) is 0 Å². The molecule has 8 nitrogen and oxygen atoms in total. The highest BCUT2D eigenvalue weighted by molar-refractivity contribution is 5.88. The van der Waals surface area contributed by atoms with Gasteiger partial charge >= 0.3 is 12.1 Å². The summed E-state index contributed by atoms with van der Waals surface area (Å²) in [5.41, 5.74) is 0. The van der Waals surface area contributed by atoms with Crippen LogP contribution in [0.25, 0.3) is 0 Å². The average Bonchev–Trinajstić information content (AvgIpc) is 2.89. The second-order valence-corrected chi connectivity index (χ2v) is 5.52. The number of fused-ring (bicyclic) bond motifs is 1. The first-order chi connectivity index (χ1) is 9.63. The van der Waals surface area contributed by atoms with Crippen molar-refractivity contribution in [3.05, 3.63) is 0 Å². The molecule has 0 bridgehead atoms. The van der Waals surface area contributed by atoms with Crippen LogP contribution in [0.3, 0.4) is 0 Å². The Morgan fingerprint density at radius 2 is 1.90 bits per heavy atom. The molecule has 20 heavy (non-hydrogen) atoms. The standard InChI is InChI=1S/C12H19N5O3/c18-8(13-7-4-2-1-3-5-7)6-17-10-9(15-12(17)20)14-11(19)16-10/h7,9-10H,1-6H2,(H,13,18)(H,15,20)(H2,14,16,19)/t9-,10+/m1/s1. The van der Waals surface area contributed by atoms with Crippen molar-refractivity contribution in [1.82, 2.24) is 26.2 Å². The number of carbonyl (C=O) groups excluding carboxylic acids is 3. The van der Waals surface area contributed by atoms with Crippen molar-refractivity contribution < 1.29 is 14.4 Å². The molecule has 3 aliphatic rings. The molecule has 4 N–H and O–H groups in total. The Kier molecular flexibility index (Phi) is 3.37. The zero-order valence-electron chi connectivity index (χ0n) is 11.1. The Labute approximate surface area is 116 Å². The van der Waals surface area contributed by atoms with Gasteiger partial charge in [-0.15, -0.1) is 0 Å². The summed E-state index contributed by atoms with van der Waals surface area (Å²) in [6, 6.07) is -0.460. The third kappa shape index (κ3) is 2.50. The molecule has 0 aromatic rings. The summed E-state index contributed by atoms with van der Waals surface area (Å²) in [7, 11) is 0. The van der Waals surface area contributed by atoms with Gasteiger partial charge in [-0.2, -0.15) is 0 Å². The van der Waals surface area contributed by atoms with Gasteiger partial charge in [0.15, 0.2) is 0 Å². The lowest BCUT2D eigenvalue weighted by atomic mass is 9.95. The third-order valence-electron chi connectivity index (χ3n) is 4.04. The number of rotatable bonds is 3. The molecule has 3 fully saturated rings. The van der Waals surface area contributed by atoms with Crippen LogP contribution in [0.15, 0.2) is 0 Å². The van der Waals surface area contributed by atoms with Gasteiger partial charge in [0.25, 0.3) is 0 Å². The number of amides is 5. The lowest BCUT2D eigenvalue weighted by Crippen LogP contribution is -2.49. The normalized spacial score (nSPS) is 29.5. The van der Waals surface area contributed by atoms with E-state index in [-0.39, 0.29) is 30.6 Å². The summed E-state index contributed by atoms with van der Waals surface area (Å²) < 4.78 is 0. The Hall–Kier alpha value is -1.99. The van der Waals surface area contributed by atoms with E-state index in [1.807, 2.05) is 0 Å². The predicted octanol–water partition coefficient (Wildman–Crippen LogP) is -0.574. The monoisotopic (exact) mass is 281 g/mol. The van der Waals surface area contributed by atoms with Crippen LogP contribution in [-0.2, 0) is 4.79 Å². The van der Waals surface area contributed by atoms with E-state index < -0.39 is 12.3 Å². The van der Waals surface area contributed by atoms with Crippen LogP contribution in [0.1, 0.15) is 32.1 Å². The number of nitrogens with one attached hydrogen (secondary N) is 4. The minimum absolute atomic E-state index is 0.0362. The highest BCUT2D eigenvalue weighted by Crippen LogP contribution is 2.18.